The van der Waals surface area contributed by atoms with Gasteiger partial charge >= 0.3 is 0 Å². The Bertz CT molecular complexity index is 5700. The maximum Gasteiger partial charge on any atom is 0.238 e. The van der Waals surface area contributed by atoms with Crippen molar-refractivity contribution < 1.29 is 0 Å². The number of hydrogen-bond acceptors (Lipinski definition) is 3. The topological polar surface area (TPSA) is 53.5 Å². The fourth-order valence-corrected chi connectivity index (χ4v) is 15.9. The first-order valence-corrected chi connectivity index (χ1v) is 32.2. The van der Waals surface area contributed by atoms with Crippen molar-refractivity contribution in [2.75, 3.05) is 0 Å². The molecule has 93 heavy (non-hydrogen) atoms. The van der Waals surface area contributed by atoms with Gasteiger partial charge in [0, 0.05) is 65.6 Å². The van der Waals surface area contributed by atoms with Crippen LogP contribution in [0.2, 0.25) is 0 Å². The number of rotatable bonds is 8. The van der Waals surface area contributed by atoms with Gasteiger partial charge in [-0.3, -0.25) is 4.57 Å². The van der Waals surface area contributed by atoms with Crippen LogP contribution in [0.15, 0.2) is 291 Å². The summed E-state index contributed by atoms with van der Waals surface area (Å²) in [5.41, 5.74) is 28.1. The van der Waals surface area contributed by atoms with Gasteiger partial charge in [0.25, 0.3) is 0 Å². The average Bonchev–Trinajstić information content (AvgIpc) is 1.60. The van der Waals surface area contributed by atoms with E-state index in [2.05, 4.69) is 314 Å². The fourth-order valence-electron chi connectivity index (χ4n) is 15.9. The lowest BCUT2D eigenvalue weighted by atomic mass is 9.82. The second kappa shape index (κ2) is 19.9. The minimum Gasteiger partial charge on any atom is -0.309 e. The minimum absolute atomic E-state index is 0.121. The SMILES string of the molecule is CC1(C)c2ccccc2-c2ccc(-n3c4ccccc4c4cc(-c5ccc6c7ccc(-c8ccc9c(c8)c8ccccc8n9-c8ccc9c(c8)C(C)(C)c8ccccc8-9)cc7n(-c7nc(-c8ccccc8)nc(-c8ccc(-c9ccccc9)cc8)n7)c6c5)ccc43)cc21. The zero-order valence-corrected chi connectivity index (χ0v) is 51.9. The summed E-state index contributed by atoms with van der Waals surface area (Å²) >= 11 is 0. The van der Waals surface area contributed by atoms with Crippen molar-refractivity contribution >= 4 is 65.4 Å². The average molecular weight is 1190 g/mol. The standard InChI is InChI=1S/C87H60N6/c1-86(2)73-27-15-11-23-63(73)65-43-39-61(51-75(65)86)91-77-29-17-13-25-67(77)71-47-57(37-45-79(71)91)59-35-41-69-70-42-36-60(58-38-46-80-72(48-58)68-26-14-18-30-78(68)92(80)62-40-44-66-64-24-12-16-28-74(64)87(3,4)76(66)52-62)50-82(70)93(81(69)49-59)85-89-83(55-21-9-6-10-22-55)88-84(90-85)56-33-31-54(32-34-56)53-19-7-5-8-20-53/h5-52H,1-4H3. The zero-order chi connectivity index (χ0) is 61.8. The number of nitrogens with zero attached hydrogens (tertiary/aromatic N) is 6. The van der Waals surface area contributed by atoms with Crippen molar-refractivity contribution in [1.82, 2.24) is 28.7 Å². The maximum absolute atomic E-state index is 5.51. The third-order valence-corrected chi connectivity index (χ3v) is 20.5. The molecule has 438 valence electrons. The third-order valence-electron chi connectivity index (χ3n) is 20.5. The molecule has 4 aromatic heterocycles. The van der Waals surface area contributed by atoms with Gasteiger partial charge in [-0.25, -0.2) is 4.98 Å². The van der Waals surface area contributed by atoms with Gasteiger partial charge in [-0.2, -0.15) is 9.97 Å². The van der Waals surface area contributed by atoms with E-state index >= 15 is 0 Å². The fraction of sp³-hybridized carbons (Fsp3) is 0.0690. The molecule has 0 fully saturated rings. The molecule has 17 aromatic rings. The molecule has 2 aliphatic carbocycles. The van der Waals surface area contributed by atoms with Crippen LogP contribution in [0.5, 0.6) is 0 Å². The molecular formula is C87H60N6. The first-order valence-electron chi connectivity index (χ1n) is 32.2. The molecule has 13 aromatic carbocycles. The van der Waals surface area contributed by atoms with Crippen LogP contribution in [0.1, 0.15) is 49.9 Å². The van der Waals surface area contributed by atoms with Crippen LogP contribution < -0.4 is 0 Å². The second-order valence-corrected chi connectivity index (χ2v) is 26.4. The zero-order valence-electron chi connectivity index (χ0n) is 51.9. The summed E-state index contributed by atoms with van der Waals surface area (Å²) in [5, 5.41) is 7.04. The quantitative estimate of drug-likeness (QED) is 0.152. The van der Waals surface area contributed by atoms with Crippen molar-refractivity contribution in [1.29, 1.82) is 0 Å². The highest BCUT2D eigenvalue weighted by molar-refractivity contribution is 6.14. The van der Waals surface area contributed by atoms with Crippen LogP contribution >= 0.6 is 0 Å². The Morgan fingerprint density at radius 1 is 0.226 bits per heavy atom. The van der Waals surface area contributed by atoms with Crippen LogP contribution in [0, 0.1) is 0 Å². The highest BCUT2D eigenvalue weighted by Gasteiger charge is 2.37. The number of fused-ring (bicyclic) bond motifs is 15. The van der Waals surface area contributed by atoms with Crippen molar-refractivity contribution in [3.05, 3.63) is 313 Å². The van der Waals surface area contributed by atoms with Crippen LogP contribution in [0.4, 0.5) is 0 Å². The predicted octanol–water partition coefficient (Wildman–Crippen LogP) is 22.1. The number of benzene rings is 13. The summed E-state index contributed by atoms with van der Waals surface area (Å²) in [6.07, 6.45) is 0. The molecule has 0 spiro atoms. The van der Waals surface area contributed by atoms with E-state index in [4.69, 9.17) is 15.0 Å². The molecule has 0 unspecified atom stereocenters. The molecule has 0 saturated heterocycles. The summed E-state index contributed by atoms with van der Waals surface area (Å²) in [6, 6.07) is 107. The van der Waals surface area contributed by atoms with Crippen molar-refractivity contribution in [3.8, 4) is 95.7 Å². The lowest BCUT2D eigenvalue weighted by Crippen LogP contribution is -2.15. The van der Waals surface area contributed by atoms with Gasteiger partial charge < -0.3 is 9.13 Å². The normalized spacial score (nSPS) is 13.5. The van der Waals surface area contributed by atoms with E-state index in [1.54, 1.807) is 0 Å². The van der Waals surface area contributed by atoms with E-state index in [1.807, 2.05) is 18.2 Å². The molecule has 0 N–H and O–H groups in total. The summed E-state index contributed by atoms with van der Waals surface area (Å²) < 4.78 is 7.19. The molecular weight excluding hydrogens is 1130 g/mol. The number of hydrogen-bond donors (Lipinski definition) is 0. The first kappa shape index (κ1) is 53.1. The first-order chi connectivity index (χ1) is 45.6. The van der Waals surface area contributed by atoms with Gasteiger partial charge in [0.05, 0.1) is 33.1 Å². The molecule has 6 nitrogen and oxygen atoms in total. The van der Waals surface area contributed by atoms with Crippen molar-refractivity contribution in [2.45, 2.75) is 38.5 Å². The Morgan fingerprint density at radius 2 is 0.581 bits per heavy atom. The van der Waals surface area contributed by atoms with Crippen molar-refractivity contribution in [2.24, 2.45) is 0 Å². The van der Waals surface area contributed by atoms with Gasteiger partial charge in [-0.15, -0.1) is 0 Å². The molecule has 2 aliphatic rings. The lowest BCUT2D eigenvalue weighted by molar-refractivity contribution is 0.660. The van der Waals surface area contributed by atoms with Gasteiger partial charge in [0.1, 0.15) is 0 Å². The van der Waals surface area contributed by atoms with E-state index in [1.165, 1.54) is 88.1 Å². The molecule has 0 atom stereocenters. The molecule has 19 rings (SSSR count). The summed E-state index contributed by atoms with van der Waals surface area (Å²) in [5.74, 6) is 1.73. The number of para-hydroxylation sites is 2. The van der Waals surface area contributed by atoms with Crippen LogP contribution in [0.3, 0.4) is 0 Å². The van der Waals surface area contributed by atoms with E-state index in [0.29, 0.717) is 17.6 Å². The third kappa shape index (κ3) is 7.98. The maximum atomic E-state index is 5.51. The highest BCUT2D eigenvalue weighted by Crippen LogP contribution is 2.52. The van der Waals surface area contributed by atoms with E-state index in [0.717, 1.165) is 77.7 Å². The Kier molecular flexibility index (Phi) is 11.4. The van der Waals surface area contributed by atoms with Gasteiger partial charge in [-0.05, 0) is 151 Å². The summed E-state index contributed by atoms with van der Waals surface area (Å²) in [7, 11) is 0. The predicted molar refractivity (Wildman–Crippen MR) is 385 cm³/mol. The second-order valence-electron chi connectivity index (χ2n) is 26.4. The molecule has 6 heteroatoms. The smallest absolute Gasteiger partial charge is 0.238 e. The van der Waals surface area contributed by atoms with Crippen molar-refractivity contribution in [3.63, 3.8) is 0 Å². The molecule has 0 radical (unpaired) electrons. The lowest BCUT2D eigenvalue weighted by Gasteiger charge is -2.22. The summed E-state index contributed by atoms with van der Waals surface area (Å²) in [6.45, 7) is 9.43. The highest BCUT2D eigenvalue weighted by atomic mass is 15.2. The van der Waals surface area contributed by atoms with Gasteiger partial charge in [-0.1, -0.05) is 246 Å². The van der Waals surface area contributed by atoms with E-state index in [9.17, 15) is 0 Å². The van der Waals surface area contributed by atoms with E-state index in [-0.39, 0.29) is 10.8 Å². The van der Waals surface area contributed by atoms with E-state index < -0.39 is 0 Å². The molecule has 0 amide bonds. The largest absolute Gasteiger partial charge is 0.309 e. The van der Waals surface area contributed by atoms with Crippen LogP contribution in [-0.4, -0.2) is 28.7 Å². The molecule has 0 saturated carbocycles. The minimum atomic E-state index is -0.121. The monoisotopic (exact) mass is 1190 g/mol. The number of aromatic nitrogens is 6. The van der Waals surface area contributed by atoms with Gasteiger partial charge in [0.15, 0.2) is 11.6 Å². The molecule has 0 bridgehead atoms. The van der Waals surface area contributed by atoms with Gasteiger partial charge in [0.2, 0.25) is 5.95 Å². The molecule has 0 aliphatic heterocycles. The van der Waals surface area contributed by atoms with Crippen LogP contribution in [-0.2, 0) is 10.8 Å². The molecule has 4 heterocycles. The Morgan fingerprint density at radius 3 is 1.09 bits per heavy atom. The van der Waals surface area contributed by atoms with Crippen LogP contribution in [0.25, 0.3) is 161 Å². The summed E-state index contributed by atoms with van der Waals surface area (Å²) in [4.78, 5) is 16.2. The Labute approximate surface area is 538 Å². The Balaban J connectivity index is 0.791. The Hall–Kier alpha value is -11.7.